The maximum absolute atomic E-state index is 12.4. The predicted molar refractivity (Wildman–Crippen MR) is 108 cm³/mol. The van der Waals surface area contributed by atoms with Crippen molar-refractivity contribution < 1.29 is 13.9 Å². The van der Waals surface area contributed by atoms with Gasteiger partial charge >= 0.3 is 5.63 Å². The van der Waals surface area contributed by atoms with E-state index in [4.69, 9.17) is 9.15 Å². The van der Waals surface area contributed by atoms with E-state index in [1.54, 1.807) is 12.1 Å². The van der Waals surface area contributed by atoms with E-state index in [2.05, 4.69) is 17.4 Å². The number of nitrogens with one attached hydrogen (secondary N) is 1. The minimum atomic E-state index is -0.379. The van der Waals surface area contributed by atoms with Gasteiger partial charge in [-0.2, -0.15) is 0 Å². The van der Waals surface area contributed by atoms with Gasteiger partial charge in [-0.3, -0.25) is 4.79 Å². The molecule has 1 aromatic heterocycles. The van der Waals surface area contributed by atoms with Gasteiger partial charge in [0.2, 0.25) is 0 Å². The van der Waals surface area contributed by atoms with Gasteiger partial charge in [0, 0.05) is 17.5 Å². The van der Waals surface area contributed by atoms with Crippen molar-refractivity contribution in [1.29, 1.82) is 0 Å². The lowest BCUT2D eigenvalue weighted by Gasteiger charge is -2.26. The summed E-state index contributed by atoms with van der Waals surface area (Å²) in [6.45, 7) is 1.91. The third kappa shape index (κ3) is 3.79. The zero-order valence-electron chi connectivity index (χ0n) is 15.9. The third-order valence-corrected chi connectivity index (χ3v) is 5.26. The molecule has 3 aromatic rings. The largest absolute Gasteiger partial charge is 0.484 e. The highest BCUT2D eigenvalue weighted by Crippen LogP contribution is 2.29. The van der Waals surface area contributed by atoms with Gasteiger partial charge in [-0.1, -0.05) is 31.2 Å². The van der Waals surface area contributed by atoms with Gasteiger partial charge in [0.25, 0.3) is 5.91 Å². The van der Waals surface area contributed by atoms with Crippen LogP contribution in [0.3, 0.4) is 0 Å². The molecule has 1 heterocycles. The number of ether oxygens (including phenoxy) is 1. The number of fused-ring (bicyclic) bond motifs is 2. The molecule has 0 unspecified atom stereocenters. The normalized spacial score (nSPS) is 15.8. The Morgan fingerprint density at radius 1 is 1.21 bits per heavy atom. The van der Waals surface area contributed by atoms with Crippen molar-refractivity contribution in [2.45, 2.75) is 38.6 Å². The Bertz CT molecular complexity index is 1070. The first-order valence-corrected chi connectivity index (χ1v) is 9.71. The first-order valence-electron chi connectivity index (χ1n) is 9.71. The zero-order chi connectivity index (χ0) is 19.5. The minimum Gasteiger partial charge on any atom is -0.484 e. The van der Waals surface area contributed by atoms with Crippen LogP contribution in [0.25, 0.3) is 11.0 Å². The highest BCUT2D eigenvalue weighted by Gasteiger charge is 2.21. The van der Waals surface area contributed by atoms with E-state index in [1.165, 1.54) is 17.2 Å². The van der Waals surface area contributed by atoms with Crippen molar-refractivity contribution in [3.63, 3.8) is 0 Å². The molecule has 0 radical (unpaired) electrons. The second kappa shape index (κ2) is 7.89. The first-order chi connectivity index (χ1) is 13.6. The monoisotopic (exact) mass is 377 g/mol. The van der Waals surface area contributed by atoms with Crippen molar-refractivity contribution in [3.8, 4) is 5.75 Å². The lowest BCUT2D eigenvalue weighted by atomic mass is 9.88. The summed E-state index contributed by atoms with van der Waals surface area (Å²) in [5, 5.41) is 3.96. The Morgan fingerprint density at radius 3 is 2.93 bits per heavy atom. The van der Waals surface area contributed by atoms with E-state index in [0.717, 1.165) is 36.6 Å². The quantitative estimate of drug-likeness (QED) is 0.684. The number of hydrogen-bond donors (Lipinski definition) is 1. The fraction of sp³-hybridized carbons (Fsp3) is 0.304. The summed E-state index contributed by atoms with van der Waals surface area (Å²) in [5.74, 6) is 0.341. The van der Waals surface area contributed by atoms with Crippen LogP contribution in [0.1, 0.15) is 42.5 Å². The molecule has 144 valence electrons. The molecule has 4 rings (SSSR count). The van der Waals surface area contributed by atoms with E-state index in [1.807, 2.05) is 25.1 Å². The molecule has 0 aliphatic heterocycles. The molecule has 28 heavy (non-hydrogen) atoms. The summed E-state index contributed by atoms with van der Waals surface area (Å²) < 4.78 is 10.9. The molecule has 1 aliphatic carbocycles. The van der Waals surface area contributed by atoms with Crippen LogP contribution in [0.5, 0.6) is 5.75 Å². The Kier molecular flexibility index (Phi) is 5.15. The molecule has 1 amide bonds. The highest BCUT2D eigenvalue weighted by atomic mass is 16.5. The fourth-order valence-electron chi connectivity index (χ4n) is 3.88. The molecular weight excluding hydrogens is 354 g/mol. The van der Waals surface area contributed by atoms with Crippen LogP contribution in [-0.4, -0.2) is 12.5 Å². The summed E-state index contributed by atoms with van der Waals surface area (Å²) in [6, 6.07) is 15.1. The van der Waals surface area contributed by atoms with Crippen molar-refractivity contribution in [2.24, 2.45) is 0 Å². The summed E-state index contributed by atoms with van der Waals surface area (Å²) in [6.07, 6.45) is 3.80. The lowest BCUT2D eigenvalue weighted by molar-refractivity contribution is -0.123. The molecule has 2 aromatic carbocycles. The first kappa shape index (κ1) is 18.3. The van der Waals surface area contributed by atoms with Crippen molar-refractivity contribution >= 4 is 16.9 Å². The second-order valence-corrected chi connectivity index (χ2v) is 7.10. The fourth-order valence-corrected chi connectivity index (χ4v) is 3.88. The SMILES string of the molecule is CCc1cc(=O)oc2cc(OCC(=O)N[C@H]3CCCc4ccccc43)ccc12. The summed E-state index contributed by atoms with van der Waals surface area (Å²) in [7, 11) is 0. The Morgan fingerprint density at radius 2 is 2.07 bits per heavy atom. The molecule has 0 bridgehead atoms. The van der Waals surface area contributed by atoms with Crippen LogP contribution in [0.15, 0.2) is 57.7 Å². The Hall–Kier alpha value is -3.08. The standard InChI is InChI=1S/C23H23NO4/c1-2-15-12-23(26)28-21-13-17(10-11-19(15)21)27-14-22(25)24-20-9-5-7-16-6-3-4-8-18(16)20/h3-4,6,8,10-13,20H,2,5,7,9,14H2,1H3,(H,24,25)/t20-/m0/s1. The molecule has 1 aliphatic rings. The summed E-state index contributed by atoms with van der Waals surface area (Å²) in [4.78, 5) is 24.1. The van der Waals surface area contributed by atoms with Crippen LogP contribution in [0.4, 0.5) is 0 Å². The van der Waals surface area contributed by atoms with Gasteiger partial charge in [-0.05, 0) is 54.5 Å². The lowest BCUT2D eigenvalue weighted by Crippen LogP contribution is -2.34. The average molecular weight is 377 g/mol. The van der Waals surface area contributed by atoms with Crippen molar-refractivity contribution in [3.05, 3.63) is 75.6 Å². The van der Waals surface area contributed by atoms with E-state index in [-0.39, 0.29) is 24.2 Å². The van der Waals surface area contributed by atoms with Crippen LogP contribution >= 0.6 is 0 Å². The van der Waals surface area contributed by atoms with Crippen LogP contribution in [0.2, 0.25) is 0 Å². The number of aryl methyl sites for hydroxylation is 2. The molecule has 1 N–H and O–H groups in total. The van der Waals surface area contributed by atoms with Crippen LogP contribution in [-0.2, 0) is 17.6 Å². The molecule has 0 fully saturated rings. The van der Waals surface area contributed by atoms with Gasteiger partial charge < -0.3 is 14.5 Å². The maximum Gasteiger partial charge on any atom is 0.336 e. The Labute approximate surface area is 163 Å². The summed E-state index contributed by atoms with van der Waals surface area (Å²) in [5.41, 5.74) is 3.53. The molecule has 1 atom stereocenters. The van der Waals surface area contributed by atoms with Gasteiger partial charge in [0.15, 0.2) is 6.61 Å². The van der Waals surface area contributed by atoms with E-state index >= 15 is 0 Å². The van der Waals surface area contributed by atoms with Gasteiger partial charge in [0.05, 0.1) is 6.04 Å². The third-order valence-electron chi connectivity index (χ3n) is 5.26. The molecule has 0 spiro atoms. The van der Waals surface area contributed by atoms with E-state index in [0.29, 0.717) is 11.3 Å². The van der Waals surface area contributed by atoms with Crippen LogP contribution in [0, 0.1) is 0 Å². The second-order valence-electron chi connectivity index (χ2n) is 7.10. The molecule has 0 saturated heterocycles. The highest BCUT2D eigenvalue weighted by molar-refractivity contribution is 5.82. The predicted octanol–water partition coefficient (Wildman–Crippen LogP) is 3.93. The number of benzene rings is 2. The van der Waals surface area contributed by atoms with E-state index in [9.17, 15) is 9.59 Å². The van der Waals surface area contributed by atoms with Crippen molar-refractivity contribution in [2.75, 3.05) is 6.61 Å². The topological polar surface area (TPSA) is 68.5 Å². The van der Waals surface area contributed by atoms with E-state index < -0.39 is 0 Å². The van der Waals surface area contributed by atoms with Crippen molar-refractivity contribution in [1.82, 2.24) is 5.32 Å². The number of carbonyl (C=O) groups is 1. The minimum absolute atomic E-state index is 0.0304. The average Bonchev–Trinajstić information content (AvgIpc) is 2.71. The number of amides is 1. The molecular formula is C23H23NO4. The Balaban J connectivity index is 1.43. The van der Waals surface area contributed by atoms with Gasteiger partial charge in [0.1, 0.15) is 11.3 Å². The number of hydrogen-bond acceptors (Lipinski definition) is 4. The molecule has 5 nitrogen and oxygen atoms in total. The summed E-state index contributed by atoms with van der Waals surface area (Å²) >= 11 is 0. The number of rotatable bonds is 5. The molecule has 5 heteroatoms. The maximum atomic E-state index is 12.4. The number of carbonyl (C=O) groups excluding carboxylic acids is 1. The zero-order valence-corrected chi connectivity index (χ0v) is 15.9. The van der Waals surface area contributed by atoms with Gasteiger partial charge in [-0.15, -0.1) is 0 Å². The van der Waals surface area contributed by atoms with Crippen LogP contribution < -0.4 is 15.7 Å². The molecule has 0 saturated carbocycles. The smallest absolute Gasteiger partial charge is 0.336 e. The van der Waals surface area contributed by atoms with Gasteiger partial charge in [-0.25, -0.2) is 4.79 Å².